The zero-order valence-electron chi connectivity index (χ0n) is 28.2. The zero-order chi connectivity index (χ0) is 35.8. The van der Waals surface area contributed by atoms with Crippen molar-refractivity contribution in [2.24, 2.45) is 4.99 Å². The lowest BCUT2D eigenvalue weighted by molar-refractivity contribution is -0.143. The van der Waals surface area contributed by atoms with E-state index in [1.165, 1.54) is 18.8 Å². The van der Waals surface area contributed by atoms with E-state index >= 15 is 0 Å². The van der Waals surface area contributed by atoms with E-state index in [-0.39, 0.29) is 37.8 Å². The Hall–Kier alpha value is -5.87. The van der Waals surface area contributed by atoms with Crippen molar-refractivity contribution in [3.63, 3.8) is 0 Å². The average molecular weight is 698 g/mol. The predicted octanol–water partition coefficient (Wildman–Crippen LogP) is 4.21. The Labute approximate surface area is 292 Å². The number of thiazole rings is 1. The molecule has 1 aliphatic heterocycles. The average Bonchev–Trinajstić information content (AvgIpc) is 3.43. The molecule has 0 saturated heterocycles. The number of rotatable bonds is 13. The molecule has 1 atom stereocenters. The summed E-state index contributed by atoms with van der Waals surface area (Å²) < 4.78 is 35.2. The van der Waals surface area contributed by atoms with E-state index in [1.807, 2.05) is 12.1 Å². The van der Waals surface area contributed by atoms with Crippen molar-refractivity contribution >= 4 is 29.4 Å². The summed E-state index contributed by atoms with van der Waals surface area (Å²) in [6.45, 7) is 5.36. The van der Waals surface area contributed by atoms with Crippen LogP contribution < -0.4 is 33.8 Å². The first-order valence-corrected chi connectivity index (χ1v) is 16.5. The first-order valence-electron chi connectivity index (χ1n) is 15.7. The number of fused-ring (bicyclic) bond motifs is 1. The van der Waals surface area contributed by atoms with Gasteiger partial charge in [-0.3, -0.25) is 9.36 Å². The van der Waals surface area contributed by atoms with Crippen molar-refractivity contribution in [3.05, 3.63) is 114 Å². The number of hydrogen-bond acceptors (Lipinski definition) is 12. The van der Waals surface area contributed by atoms with Crippen LogP contribution in [-0.4, -0.2) is 50.5 Å². The SMILES string of the molecule is CCOC(=O)C1=C(C)N=c2s/c(=C/c3cccc(OC)c3OCc3ccccc3C#N)c(=O)n2[C@H]1c1ccc(OCC(=O)OC)c(OCC)c1. The standard InChI is InChI=1S/C37H35N3O9S/c1-6-46-29-17-23(15-16-27(29)48-21-31(41)45-5)33-32(36(43)47-7-2)22(3)39-37-40(33)35(42)30(50-37)18-24-13-10-14-28(44-4)34(24)49-20-26-12-9-8-11-25(26)19-38/h8-18,33H,6-7,20-21H2,1-5H3/b30-18+/t33-/m0/s1. The van der Waals surface area contributed by atoms with Crippen molar-refractivity contribution in [3.8, 4) is 29.1 Å². The van der Waals surface area contributed by atoms with E-state index in [0.717, 1.165) is 11.3 Å². The summed E-state index contributed by atoms with van der Waals surface area (Å²) in [5.74, 6) is 0.246. The maximum absolute atomic E-state index is 14.3. The number of nitrogens with zero attached hydrogens (tertiary/aromatic N) is 3. The largest absolute Gasteiger partial charge is 0.493 e. The van der Waals surface area contributed by atoms with E-state index in [2.05, 4.69) is 15.8 Å². The fourth-order valence-electron chi connectivity index (χ4n) is 5.39. The van der Waals surface area contributed by atoms with Gasteiger partial charge >= 0.3 is 11.9 Å². The van der Waals surface area contributed by atoms with Crippen LogP contribution in [-0.2, 0) is 25.7 Å². The molecular formula is C37H35N3O9S. The number of esters is 2. The molecule has 13 heteroatoms. The van der Waals surface area contributed by atoms with E-state index in [1.54, 1.807) is 75.4 Å². The fraction of sp³-hybridized carbons (Fsp3) is 0.270. The van der Waals surface area contributed by atoms with Crippen LogP contribution in [0.25, 0.3) is 6.08 Å². The van der Waals surface area contributed by atoms with Crippen LogP contribution in [0.4, 0.5) is 0 Å². The Bertz CT molecular complexity index is 2180. The van der Waals surface area contributed by atoms with Crippen LogP contribution in [0.1, 0.15) is 49.1 Å². The second-order valence-corrected chi connectivity index (χ2v) is 11.8. The first kappa shape index (κ1) is 35.4. The number of methoxy groups -OCH3 is 2. The highest BCUT2D eigenvalue weighted by atomic mass is 32.1. The van der Waals surface area contributed by atoms with Gasteiger partial charge in [-0.2, -0.15) is 5.26 Å². The van der Waals surface area contributed by atoms with Gasteiger partial charge in [-0.1, -0.05) is 47.7 Å². The molecule has 0 amide bonds. The maximum atomic E-state index is 14.3. The normalized spacial score (nSPS) is 13.8. The molecule has 1 aliphatic rings. The summed E-state index contributed by atoms with van der Waals surface area (Å²) in [7, 11) is 2.78. The van der Waals surface area contributed by atoms with Gasteiger partial charge in [0.05, 0.1) is 60.9 Å². The second kappa shape index (κ2) is 16.0. The predicted molar refractivity (Wildman–Crippen MR) is 184 cm³/mol. The summed E-state index contributed by atoms with van der Waals surface area (Å²) >= 11 is 1.16. The van der Waals surface area contributed by atoms with Gasteiger partial charge in [0, 0.05) is 11.1 Å². The molecule has 3 aromatic carbocycles. The number of hydrogen-bond donors (Lipinski definition) is 0. The van der Waals surface area contributed by atoms with Crippen LogP contribution in [0.3, 0.4) is 0 Å². The smallest absolute Gasteiger partial charge is 0.343 e. The minimum Gasteiger partial charge on any atom is -0.493 e. The highest BCUT2D eigenvalue weighted by molar-refractivity contribution is 7.07. The molecule has 5 rings (SSSR count). The van der Waals surface area contributed by atoms with Crippen LogP contribution in [0.15, 0.2) is 81.7 Å². The monoisotopic (exact) mass is 697 g/mol. The lowest BCUT2D eigenvalue weighted by atomic mass is 9.95. The third-order valence-electron chi connectivity index (χ3n) is 7.70. The third kappa shape index (κ3) is 7.40. The van der Waals surface area contributed by atoms with Gasteiger partial charge in [-0.15, -0.1) is 0 Å². The number of para-hydroxylation sites is 1. The van der Waals surface area contributed by atoms with E-state index in [4.69, 9.17) is 23.7 Å². The summed E-state index contributed by atoms with van der Waals surface area (Å²) in [6.07, 6.45) is 1.69. The molecule has 0 aliphatic carbocycles. The van der Waals surface area contributed by atoms with Gasteiger partial charge in [-0.05, 0) is 56.7 Å². The molecule has 1 aromatic heterocycles. The van der Waals surface area contributed by atoms with E-state index < -0.39 is 23.5 Å². The van der Waals surface area contributed by atoms with E-state index in [9.17, 15) is 19.6 Å². The summed E-state index contributed by atoms with van der Waals surface area (Å²) in [5, 5.41) is 9.55. The maximum Gasteiger partial charge on any atom is 0.343 e. The van der Waals surface area contributed by atoms with Crippen LogP contribution >= 0.6 is 11.3 Å². The highest BCUT2D eigenvalue weighted by Crippen LogP contribution is 2.37. The number of nitriles is 1. The zero-order valence-corrected chi connectivity index (χ0v) is 29.0. The number of carbonyl (C=O) groups excluding carboxylic acids is 2. The Morgan fingerprint density at radius 2 is 1.78 bits per heavy atom. The second-order valence-electron chi connectivity index (χ2n) is 10.7. The fourth-order valence-corrected chi connectivity index (χ4v) is 6.43. The molecular weight excluding hydrogens is 662 g/mol. The van der Waals surface area contributed by atoms with Crippen molar-refractivity contribution < 1.29 is 38.0 Å². The van der Waals surface area contributed by atoms with Crippen molar-refractivity contribution in [2.45, 2.75) is 33.4 Å². The molecule has 0 saturated carbocycles. The van der Waals surface area contributed by atoms with Gasteiger partial charge < -0.3 is 28.4 Å². The molecule has 0 fully saturated rings. The number of aromatic nitrogens is 1. The number of carbonyl (C=O) groups is 2. The minimum absolute atomic E-state index is 0.0931. The summed E-state index contributed by atoms with van der Waals surface area (Å²) in [5.41, 5.74) is 2.46. The molecule has 258 valence electrons. The highest BCUT2D eigenvalue weighted by Gasteiger charge is 2.34. The first-order chi connectivity index (χ1) is 24.2. The molecule has 0 unspecified atom stereocenters. The lowest BCUT2D eigenvalue weighted by Crippen LogP contribution is -2.40. The Morgan fingerprint density at radius 3 is 2.50 bits per heavy atom. The van der Waals surface area contributed by atoms with Gasteiger partial charge in [0.15, 0.2) is 34.4 Å². The molecule has 0 N–H and O–H groups in total. The molecule has 0 radical (unpaired) electrons. The van der Waals surface area contributed by atoms with Gasteiger partial charge in [-0.25, -0.2) is 14.6 Å². The van der Waals surface area contributed by atoms with Crippen LogP contribution in [0.5, 0.6) is 23.0 Å². The summed E-state index contributed by atoms with van der Waals surface area (Å²) in [6, 6.07) is 18.7. The summed E-state index contributed by atoms with van der Waals surface area (Å²) in [4.78, 5) is 44.6. The number of ether oxygens (including phenoxy) is 6. The van der Waals surface area contributed by atoms with Gasteiger partial charge in [0.25, 0.3) is 5.56 Å². The van der Waals surface area contributed by atoms with Crippen LogP contribution in [0.2, 0.25) is 0 Å². The number of benzene rings is 3. The van der Waals surface area contributed by atoms with Crippen molar-refractivity contribution in [1.29, 1.82) is 5.26 Å². The van der Waals surface area contributed by atoms with Crippen molar-refractivity contribution in [2.75, 3.05) is 34.0 Å². The molecule has 12 nitrogen and oxygen atoms in total. The lowest BCUT2D eigenvalue weighted by Gasteiger charge is -2.25. The quantitative estimate of drug-likeness (QED) is 0.186. The Balaban J connectivity index is 1.64. The van der Waals surface area contributed by atoms with Crippen molar-refractivity contribution in [1.82, 2.24) is 4.57 Å². The molecule has 0 bridgehead atoms. The number of allylic oxidation sites excluding steroid dienone is 1. The van der Waals surface area contributed by atoms with Crippen LogP contribution in [0, 0.1) is 11.3 Å². The third-order valence-corrected chi connectivity index (χ3v) is 8.68. The Morgan fingerprint density at radius 1 is 0.980 bits per heavy atom. The van der Waals surface area contributed by atoms with Gasteiger partial charge in [0.1, 0.15) is 6.61 Å². The molecule has 4 aromatic rings. The van der Waals surface area contributed by atoms with E-state index in [0.29, 0.717) is 54.5 Å². The molecule has 0 spiro atoms. The molecule has 2 heterocycles. The topological polar surface area (TPSA) is 148 Å². The molecule has 50 heavy (non-hydrogen) atoms. The van der Waals surface area contributed by atoms with Gasteiger partial charge in [0.2, 0.25) is 0 Å². The minimum atomic E-state index is -0.926. The Kier molecular flexibility index (Phi) is 11.4.